The van der Waals surface area contributed by atoms with E-state index >= 15 is 0 Å². The zero-order valence-corrected chi connectivity index (χ0v) is 11.0. The number of nitrogens with two attached hydrogens (primary N) is 2. The molecular weight excluding hydrogens is 248 g/mol. The number of rotatable bonds is 3. The minimum Gasteiger partial charge on any atom is -0.397 e. The highest BCUT2D eigenvalue weighted by Crippen LogP contribution is 2.28. The lowest BCUT2D eigenvalue weighted by atomic mass is 10.0. The quantitative estimate of drug-likeness (QED) is 0.714. The molecule has 3 rings (SSSR count). The van der Waals surface area contributed by atoms with Crippen LogP contribution < -0.4 is 11.5 Å². The van der Waals surface area contributed by atoms with E-state index in [4.69, 9.17) is 11.5 Å². The third-order valence-electron chi connectivity index (χ3n) is 3.37. The fraction of sp³-hybridized carbons (Fsp3) is 0.0625. The Morgan fingerprint density at radius 1 is 1.00 bits per heavy atom. The number of aromatic nitrogens is 2. The van der Waals surface area contributed by atoms with E-state index < -0.39 is 0 Å². The number of hydrogen-bond donors (Lipinski definition) is 2. The van der Waals surface area contributed by atoms with Gasteiger partial charge in [0.25, 0.3) is 0 Å². The fourth-order valence-corrected chi connectivity index (χ4v) is 2.30. The van der Waals surface area contributed by atoms with Crippen molar-refractivity contribution in [2.75, 3.05) is 11.5 Å². The van der Waals surface area contributed by atoms with E-state index in [0.717, 1.165) is 17.7 Å². The first-order valence-corrected chi connectivity index (χ1v) is 6.45. The Bertz CT molecular complexity index is 703. The molecule has 2 aromatic carbocycles. The van der Waals surface area contributed by atoms with Crippen LogP contribution in [0, 0.1) is 0 Å². The number of imidazole rings is 1. The summed E-state index contributed by atoms with van der Waals surface area (Å²) in [5, 5.41) is 0. The fourth-order valence-electron chi connectivity index (χ4n) is 2.30. The average molecular weight is 264 g/mol. The molecule has 0 aliphatic heterocycles. The van der Waals surface area contributed by atoms with Crippen LogP contribution in [0.3, 0.4) is 0 Å². The predicted octanol–water partition coefficient (Wildman–Crippen LogP) is 2.63. The van der Waals surface area contributed by atoms with Crippen molar-refractivity contribution in [3.05, 3.63) is 72.3 Å². The highest BCUT2D eigenvalue weighted by atomic mass is 15.0. The minimum atomic E-state index is 0.611. The number of anilines is 2. The van der Waals surface area contributed by atoms with Gasteiger partial charge in [0.2, 0.25) is 0 Å². The van der Waals surface area contributed by atoms with Gasteiger partial charge >= 0.3 is 0 Å². The van der Waals surface area contributed by atoms with E-state index in [1.54, 1.807) is 12.5 Å². The molecule has 1 aromatic heterocycles. The second kappa shape index (κ2) is 5.09. The molecule has 0 amide bonds. The lowest BCUT2D eigenvalue weighted by molar-refractivity contribution is 1.02. The third kappa shape index (κ3) is 2.23. The lowest BCUT2D eigenvalue weighted by Crippen LogP contribution is -2.06. The zero-order chi connectivity index (χ0) is 13.9. The number of nitrogens with zero attached hydrogens (tertiary/aromatic N) is 2. The van der Waals surface area contributed by atoms with Crippen molar-refractivity contribution in [3.8, 4) is 5.69 Å². The van der Waals surface area contributed by atoms with Gasteiger partial charge in [0.1, 0.15) is 0 Å². The largest absolute Gasteiger partial charge is 0.397 e. The van der Waals surface area contributed by atoms with Crippen LogP contribution in [-0.4, -0.2) is 9.55 Å². The first kappa shape index (κ1) is 12.3. The summed E-state index contributed by atoms with van der Waals surface area (Å²) >= 11 is 0. The second-order valence-corrected chi connectivity index (χ2v) is 4.70. The van der Waals surface area contributed by atoms with E-state index in [1.807, 2.05) is 41.1 Å². The highest BCUT2D eigenvalue weighted by molar-refractivity contribution is 5.73. The van der Waals surface area contributed by atoms with Gasteiger partial charge in [-0.15, -0.1) is 0 Å². The zero-order valence-electron chi connectivity index (χ0n) is 11.0. The summed E-state index contributed by atoms with van der Waals surface area (Å²) in [6, 6.07) is 14.0. The molecule has 100 valence electrons. The van der Waals surface area contributed by atoms with Crippen molar-refractivity contribution in [2.45, 2.75) is 6.42 Å². The number of benzene rings is 2. The molecule has 0 saturated carbocycles. The van der Waals surface area contributed by atoms with Gasteiger partial charge in [-0.1, -0.05) is 30.3 Å². The molecule has 3 aromatic rings. The summed E-state index contributed by atoms with van der Waals surface area (Å²) in [5.41, 5.74) is 16.6. The summed E-state index contributed by atoms with van der Waals surface area (Å²) < 4.78 is 1.95. The van der Waals surface area contributed by atoms with Crippen LogP contribution in [0.25, 0.3) is 5.69 Å². The molecule has 0 aliphatic rings. The van der Waals surface area contributed by atoms with Crippen molar-refractivity contribution < 1.29 is 0 Å². The summed E-state index contributed by atoms with van der Waals surface area (Å²) in [6.45, 7) is 0. The topological polar surface area (TPSA) is 69.9 Å². The summed E-state index contributed by atoms with van der Waals surface area (Å²) in [7, 11) is 0. The highest BCUT2D eigenvalue weighted by Gasteiger charge is 2.11. The van der Waals surface area contributed by atoms with Crippen LogP contribution in [0.15, 0.2) is 61.2 Å². The van der Waals surface area contributed by atoms with Crippen molar-refractivity contribution in [2.24, 2.45) is 0 Å². The molecule has 1 heterocycles. The van der Waals surface area contributed by atoms with Gasteiger partial charge < -0.3 is 16.0 Å². The Kier molecular flexibility index (Phi) is 3.13. The van der Waals surface area contributed by atoms with Crippen molar-refractivity contribution in [1.82, 2.24) is 9.55 Å². The van der Waals surface area contributed by atoms with Gasteiger partial charge in [-0.25, -0.2) is 4.98 Å². The minimum absolute atomic E-state index is 0.611. The molecule has 0 spiro atoms. The Morgan fingerprint density at radius 2 is 1.80 bits per heavy atom. The first-order valence-electron chi connectivity index (χ1n) is 6.45. The van der Waals surface area contributed by atoms with Crippen molar-refractivity contribution in [3.63, 3.8) is 0 Å². The van der Waals surface area contributed by atoms with Gasteiger partial charge in [-0.05, 0) is 17.7 Å². The Balaban J connectivity index is 2.10. The summed E-state index contributed by atoms with van der Waals surface area (Å²) in [6.07, 6.45) is 6.16. The van der Waals surface area contributed by atoms with E-state index in [-0.39, 0.29) is 0 Å². The maximum absolute atomic E-state index is 6.18. The van der Waals surface area contributed by atoms with Gasteiger partial charge in [-0.3, -0.25) is 0 Å². The van der Waals surface area contributed by atoms with Crippen LogP contribution in [0.5, 0.6) is 0 Å². The Morgan fingerprint density at radius 3 is 2.50 bits per heavy atom. The van der Waals surface area contributed by atoms with Gasteiger partial charge in [0, 0.05) is 24.4 Å². The predicted molar refractivity (Wildman–Crippen MR) is 81.6 cm³/mol. The molecule has 0 radical (unpaired) electrons. The van der Waals surface area contributed by atoms with Crippen LogP contribution in [0.4, 0.5) is 11.4 Å². The van der Waals surface area contributed by atoms with Crippen LogP contribution in [0.2, 0.25) is 0 Å². The molecule has 0 unspecified atom stereocenters. The summed E-state index contributed by atoms with van der Waals surface area (Å²) in [4.78, 5) is 4.09. The van der Waals surface area contributed by atoms with Crippen molar-refractivity contribution in [1.29, 1.82) is 0 Å². The van der Waals surface area contributed by atoms with Crippen LogP contribution in [0.1, 0.15) is 11.1 Å². The van der Waals surface area contributed by atoms with E-state index in [9.17, 15) is 0 Å². The summed E-state index contributed by atoms with van der Waals surface area (Å²) in [5.74, 6) is 0. The standard InChI is InChI=1S/C16H16N4/c17-14-6-7-15(20-9-8-19-11-20)13(16(14)18)10-12-4-2-1-3-5-12/h1-9,11H,10,17-18H2. The molecule has 20 heavy (non-hydrogen) atoms. The monoisotopic (exact) mass is 264 g/mol. The normalized spacial score (nSPS) is 10.6. The van der Waals surface area contributed by atoms with Crippen LogP contribution in [-0.2, 0) is 6.42 Å². The molecule has 4 nitrogen and oxygen atoms in total. The molecule has 0 fully saturated rings. The lowest BCUT2D eigenvalue weighted by Gasteiger charge is -2.15. The average Bonchev–Trinajstić information content (AvgIpc) is 2.99. The first-order chi connectivity index (χ1) is 9.75. The molecule has 0 saturated heterocycles. The Labute approximate surface area is 117 Å². The van der Waals surface area contributed by atoms with Gasteiger partial charge in [0.05, 0.1) is 23.4 Å². The van der Waals surface area contributed by atoms with Gasteiger partial charge in [-0.2, -0.15) is 0 Å². The maximum atomic E-state index is 6.18. The smallest absolute Gasteiger partial charge is 0.0991 e. The van der Waals surface area contributed by atoms with E-state index in [0.29, 0.717) is 11.4 Å². The Hall–Kier alpha value is -2.75. The molecule has 4 heteroatoms. The molecule has 0 atom stereocenters. The SMILES string of the molecule is Nc1ccc(-n2ccnc2)c(Cc2ccccc2)c1N. The molecular formula is C16H16N4. The van der Waals surface area contributed by atoms with Crippen LogP contribution >= 0.6 is 0 Å². The maximum Gasteiger partial charge on any atom is 0.0991 e. The van der Waals surface area contributed by atoms with Crippen molar-refractivity contribution >= 4 is 11.4 Å². The second-order valence-electron chi connectivity index (χ2n) is 4.70. The van der Waals surface area contributed by atoms with E-state index in [2.05, 4.69) is 17.1 Å². The molecule has 0 aliphatic carbocycles. The third-order valence-corrected chi connectivity index (χ3v) is 3.37. The molecule has 0 bridgehead atoms. The number of hydrogen-bond acceptors (Lipinski definition) is 3. The van der Waals surface area contributed by atoms with E-state index in [1.165, 1.54) is 5.56 Å². The molecule has 4 N–H and O–H groups in total. The van der Waals surface area contributed by atoms with Gasteiger partial charge in [0.15, 0.2) is 0 Å². The number of nitrogen functional groups attached to an aromatic ring is 2.